The summed E-state index contributed by atoms with van der Waals surface area (Å²) in [5, 5.41) is 4.11. The molecule has 3 nitrogen and oxygen atoms in total. The molecule has 0 aliphatic carbocycles. The number of halogens is 1. The van der Waals surface area contributed by atoms with Crippen LogP contribution in [0.1, 0.15) is 49.2 Å². The van der Waals surface area contributed by atoms with Crippen LogP contribution in [0.5, 0.6) is 0 Å². The van der Waals surface area contributed by atoms with Gasteiger partial charge < -0.3 is 0 Å². The molecule has 0 saturated heterocycles. The predicted octanol–water partition coefficient (Wildman–Crippen LogP) is 4.28. The fraction of sp³-hybridized carbons (Fsp3) is 0.263. The Kier molecular flexibility index (Phi) is 4.94. The van der Waals surface area contributed by atoms with Crippen LogP contribution in [0, 0.1) is 5.82 Å². The molecule has 23 heavy (non-hydrogen) atoms. The average Bonchev–Trinajstić information content (AvgIpc) is 2.52. The highest BCUT2D eigenvalue weighted by Gasteiger charge is 2.13. The van der Waals surface area contributed by atoms with Gasteiger partial charge in [0.25, 0.3) is 5.91 Å². The Labute approximate surface area is 136 Å². The molecule has 0 radical (unpaired) electrons. The monoisotopic (exact) mass is 312 g/mol. The Morgan fingerprint density at radius 3 is 2.00 bits per heavy atom. The summed E-state index contributed by atoms with van der Waals surface area (Å²) in [5.41, 5.74) is 5.84. The van der Waals surface area contributed by atoms with Gasteiger partial charge >= 0.3 is 0 Å². The van der Waals surface area contributed by atoms with Gasteiger partial charge in [-0.2, -0.15) is 5.10 Å². The van der Waals surface area contributed by atoms with E-state index < -0.39 is 0 Å². The van der Waals surface area contributed by atoms with Crippen molar-refractivity contribution in [3.63, 3.8) is 0 Å². The number of rotatable bonds is 3. The molecule has 2 aromatic rings. The summed E-state index contributed by atoms with van der Waals surface area (Å²) < 4.78 is 12.8. The third-order valence-electron chi connectivity index (χ3n) is 3.60. The Morgan fingerprint density at radius 1 is 0.957 bits per heavy atom. The van der Waals surface area contributed by atoms with Crippen molar-refractivity contribution in [2.45, 2.75) is 33.1 Å². The maximum absolute atomic E-state index is 12.8. The molecule has 2 rings (SSSR count). The molecule has 0 saturated carbocycles. The summed E-state index contributed by atoms with van der Waals surface area (Å²) >= 11 is 0. The van der Waals surface area contributed by atoms with Crippen LogP contribution in [0.25, 0.3) is 0 Å². The number of benzene rings is 2. The number of nitrogens with zero attached hydrogens (tertiary/aromatic N) is 1. The van der Waals surface area contributed by atoms with Crippen molar-refractivity contribution in [2.24, 2.45) is 5.10 Å². The minimum Gasteiger partial charge on any atom is -0.267 e. The van der Waals surface area contributed by atoms with Crippen LogP contribution in [0.3, 0.4) is 0 Å². The second kappa shape index (κ2) is 6.73. The molecule has 0 spiro atoms. The van der Waals surface area contributed by atoms with Gasteiger partial charge in [0.2, 0.25) is 0 Å². The standard InChI is InChI=1S/C19H21FN2O/c1-13(14-5-9-16(10-6-14)19(2,3)4)21-22-18(23)15-7-11-17(20)12-8-15/h5-12H,1-4H3,(H,22,23)/b21-13+. The van der Waals surface area contributed by atoms with Gasteiger partial charge in [0.15, 0.2) is 0 Å². The zero-order valence-electron chi connectivity index (χ0n) is 13.9. The second-order valence-electron chi connectivity index (χ2n) is 6.47. The Morgan fingerprint density at radius 2 is 1.48 bits per heavy atom. The number of carbonyl (C=O) groups excluding carboxylic acids is 1. The Hall–Kier alpha value is -2.49. The molecular weight excluding hydrogens is 291 g/mol. The smallest absolute Gasteiger partial charge is 0.267 e. The highest BCUT2D eigenvalue weighted by atomic mass is 19.1. The second-order valence-corrected chi connectivity index (χ2v) is 6.47. The Balaban J connectivity index is 2.07. The van der Waals surface area contributed by atoms with E-state index in [1.54, 1.807) is 0 Å². The van der Waals surface area contributed by atoms with Crippen molar-refractivity contribution in [3.8, 4) is 0 Å². The number of hydrogen-bond acceptors (Lipinski definition) is 2. The molecular formula is C19H21FN2O. The largest absolute Gasteiger partial charge is 0.271 e. The molecule has 120 valence electrons. The molecule has 0 aliphatic rings. The van der Waals surface area contributed by atoms with E-state index in [1.165, 1.54) is 29.8 Å². The third-order valence-corrected chi connectivity index (χ3v) is 3.60. The minimum absolute atomic E-state index is 0.0976. The molecule has 4 heteroatoms. The van der Waals surface area contributed by atoms with Crippen LogP contribution in [-0.4, -0.2) is 11.6 Å². The maximum Gasteiger partial charge on any atom is 0.271 e. The van der Waals surface area contributed by atoms with Crippen LogP contribution >= 0.6 is 0 Å². The number of amides is 1. The van der Waals surface area contributed by atoms with Crippen molar-refractivity contribution in [1.82, 2.24) is 5.43 Å². The van der Waals surface area contributed by atoms with Crippen LogP contribution in [0.15, 0.2) is 53.6 Å². The van der Waals surface area contributed by atoms with Crippen LogP contribution in [0.4, 0.5) is 4.39 Å². The topological polar surface area (TPSA) is 41.5 Å². The SMILES string of the molecule is C/C(=N\NC(=O)c1ccc(F)cc1)c1ccc(C(C)(C)C)cc1. The molecule has 2 aromatic carbocycles. The van der Waals surface area contributed by atoms with Crippen LogP contribution in [-0.2, 0) is 5.41 Å². The van der Waals surface area contributed by atoms with Gasteiger partial charge in [-0.25, -0.2) is 9.82 Å². The summed E-state index contributed by atoms with van der Waals surface area (Å²) in [6, 6.07) is 13.5. The van der Waals surface area contributed by atoms with Crippen molar-refractivity contribution < 1.29 is 9.18 Å². The summed E-state index contributed by atoms with van der Waals surface area (Å²) in [4.78, 5) is 11.9. The number of hydrazone groups is 1. The highest BCUT2D eigenvalue weighted by molar-refractivity contribution is 6.00. The van der Waals surface area contributed by atoms with E-state index >= 15 is 0 Å². The fourth-order valence-electron chi connectivity index (χ4n) is 2.08. The van der Waals surface area contributed by atoms with E-state index in [0.29, 0.717) is 11.3 Å². The molecule has 0 fully saturated rings. The molecule has 0 aliphatic heterocycles. The van der Waals surface area contributed by atoms with Crippen molar-refractivity contribution in [3.05, 3.63) is 71.0 Å². The van der Waals surface area contributed by atoms with Gasteiger partial charge in [-0.05, 0) is 47.7 Å². The summed E-state index contributed by atoms with van der Waals surface area (Å²) in [6.07, 6.45) is 0. The summed E-state index contributed by atoms with van der Waals surface area (Å²) in [7, 11) is 0. The van der Waals surface area contributed by atoms with E-state index in [0.717, 1.165) is 5.56 Å². The highest BCUT2D eigenvalue weighted by Crippen LogP contribution is 2.22. The van der Waals surface area contributed by atoms with Gasteiger partial charge in [-0.3, -0.25) is 4.79 Å². The molecule has 0 bridgehead atoms. The van der Waals surface area contributed by atoms with E-state index in [9.17, 15) is 9.18 Å². The number of nitrogens with one attached hydrogen (secondary N) is 1. The maximum atomic E-state index is 12.8. The zero-order valence-corrected chi connectivity index (χ0v) is 13.9. The van der Waals surface area contributed by atoms with Crippen molar-refractivity contribution in [1.29, 1.82) is 0 Å². The van der Waals surface area contributed by atoms with Gasteiger partial charge in [0.05, 0.1) is 5.71 Å². The lowest BCUT2D eigenvalue weighted by Crippen LogP contribution is -2.19. The van der Waals surface area contributed by atoms with Gasteiger partial charge in [-0.1, -0.05) is 45.0 Å². The normalized spacial score (nSPS) is 12.1. The lowest BCUT2D eigenvalue weighted by molar-refractivity contribution is 0.0955. The number of carbonyl (C=O) groups is 1. The van der Waals surface area contributed by atoms with Gasteiger partial charge in [0.1, 0.15) is 5.82 Å². The van der Waals surface area contributed by atoms with Crippen molar-refractivity contribution >= 4 is 11.6 Å². The summed E-state index contributed by atoms with van der Waals surface area (Å²) in [5.74, 6) is -0.740. The van der Waals surface area contributed by atoms with Gasteiger partial charge in [-0.15, -0.1) is 0 Å². The molecule has 0 atom stereocenters. The van der Waals surface area contributed by atoms with Crippen molar-refractivity contribution in [2.75, 3.05) is 0 Å². The van der Waals surface area contributed by atoms with E-state index in [1.807, 2.05) is 19.1 Å². The molecule has 0 aromatic heterocycles. The average molecular weight is 312 g/mol. The van der Waals surface area contributed by atoms with Crippen LogP contribution in [0.2, 0.25) is 0 Å². The molecule has 0 unspecified atom stereocenters. The Bertz CT molecular complexity index is 711. The first-order valence-corrected chi connectivity index (χ1v) is 7.48. The lowest BCUT2D eigenvalue weighted by Gasteiger charge is -2.19. The first-order chi connectivity index (χ1) is 10.8. The fourth-order valence-corrected chi connectivity index (χ4v) is 2.08. The van der Waals surface area contributed by atoms with Crippen LogP contribution < -0.4 is 5.43 Å². The third kappa shape index (κ3) is 4.49. The lowest BCUT2D eigenvalue weighted by atomic mass is 9.86. The van der Waals surface area contributed by atoms with E-state index in [2.05, 4.69) is 43.4 Å². The minimum atomic E-state index is -0.375. The predicted molar refractivity (Wildman–Crippen MR) is 91.2 cm³/mol. The van der Waals surface area contributed by atoms with Gasteiger partial charge in [0, 0.05) is 5.56 Å². The molecule has 1 amide bonds. The van der Waals surface area contributed by atoms with E-state index in [4.69, 9.17) is 0 Å². The zero-order chi connectivity index (χ0) is 17.0. The molecule has 1 N–H and O–H groups in total. The van der Waals surface area contributed by atoms with E-state index in [-0.39, 0.29) is 17.1 Å². The summed E-state index contributed by atoms with van der Waals surface area (Å²) in [6.45, 7) is 8.31. The first kappa shape index (κ1) is 16.9. The quantitative estimate of drug-likeness (QED) is 0.667. The first-order valence-electron chi connectivity index (χ1n) is 7.48. The number of hydrogen-bond donors (Lipinski definition) is 1. The molecule has 0 heterocycles.